The summed E-state index contributed by atoms with van der Waals surface area (Å²) in [7, 11) is 0. The van der Waals surface area contributed by atoms with E-state index in [2.05, 4.69) is 29.5 Å². The second-order valence-electron chi connectivity index (χ2n) is 5.62. The number of aromatic nitrogens is 1. The van der Waals surface area contributed by atoms with Gasteiger partial charge in [-0.2, -0.15) is 0 Å². The molecule has 1 unspecified atom stereocenters. The van der Waals surface area contributed by atoms with Gasteiger partial charge in [0.15, 0.2) is 5.69 Å². The lowest BCUT2D eigenvalue weighted by molar-refractivity contribution is 0.0885. The summed E-state index contributed by atoms with van der Waals surface area (Å²) in [6.07, 6.45) is 3.09. The van der Waals surface area contributed by atoms with E-state index in [0.29, 0.717) is 11.5 Å². The molecule has 4 heteroatoms. The van der Waals surface area contributed by atoms with E-state index < -0.39 is 0 Å². The molecule has 1 aliphatic carbocycles. The van der Waals surface area contributed by atoms with Crippen molar-refractivity contribution in [2.45, 2.75) is 38.6 Å². The number of nitrogens with one attached hydrogen (secondary N) is 1. The van der Waals surface area contributed by atoms with Gasteiger partial charge >= 0.3 is 0 Å². The number of rotatable bonds is 2. The summed E-state index contributed by atoms with van der Waals surface area (Å²) in [6, 6.07) is 9.97. The van der Waals surface area contributed by atoms with Gasteiger partial charge in [-0.3, -0.25) is 4.79 Å². The molecule has 1 atom stereocenters. The molecule has 20 heavy (non-hydrogen) atoms. The van der Waals surface area contributed by atoms with E-state index in [1.807, 2.05) is 12.1 Å². The first-order chi connectivity index (χ1) is 9.58. The van der Waals surface area contributed by atoms with Crippen molar-refractivity contribution in [2.75, 3.05) is 0 Å². The topological polar surface area (TPSA) is 55.1 Å². The molecule has 104 valence electrons. The van der Waals surface area contributed by atoms with Crippen molar-refractivity contribution in [3.8, 4) is 0 Å². The van der Waals surface area contributed by atoms with Gasteiger partial charge in [-0.15, -0.1) is 0 Å². The highest BCUT2D eigenvalue weighted by atomic mass is 16.5. The third-order valence-electron chi connectivity index (χ3n) is 3.98. The number of carbonyl (C=O) groups excluding carboxylic acids is 1. The molecule has 0 spiro atoms. The van der Waals surface area contributed by atoms with Gasteiger partial charge in [0.25, 0.3) is 5.91 Å². The molecule has 1 N–H and O–H groups in total. The number of aryl methyl sites for hydroxylation is 2. The smallest absolute Gasteiger partial charge is 0.274 e. The van der Waals surface area contributed by atoms with Crippen LogP contribution in [0.15, 0.2) is 34.9 Å². The van der Waals surface area contributed by atoms with E-state index in [0.717, 1.165) is 19.3 Å². The normalized spacial score (nSPS) is 21.3. The van der Waals surface area contributed by atoms with Crippen LogP contribution in [0.5, 0.6) is 0 Å². The quantitative estimate of drug-likeness (QED) is 0.912. The van der Waals surface area contributed by atoms with Gasteiger partial charge in [-0.05, 0) is 44.2 Å². The van der Waals surface area contributed by atoms with Crippen LogP contribution in [0.1, 0.15) is 47.1 Å². The lowest BCUT2D eigenvalue weighted by atomic mass is 9.77. The minimum absolute atomic E-state index is 0.180. The summed E-state index contributed by atoms with van der Waals surface area (Å²) < 4.78 is 4.97. The van der Waals surface area contributed by atoms with Crippen LogP contribution in [0, 0.1) is 6.92 Å². The number of benzene rings is 1. The molecule has 1 aromatic carbocycles. The maximum absolute atomic E-state index is 12.3. The Balaban J connectivity index is 1.89. The van der Waals surface area contributed by atoms with Crippen molar-refractivity contribution < 1.29 is 9.32 Å². The SMILES string of the molecule is Cc1cc(C(=O)NC2(C)CCCc3ccccc32)no1. The van der Waals surface area contributed by atoms with Crippen molar-refractivity contribution in [1.82, 2.24) is 10.5 Å². The molecule has 1 aromatic heterocycles. The Kier molecular flexibility index (Phi) is 3.08. The van der Waals surface area contributed by atoms with E-state index in [1.165, 1.54) is 11.1 Å². The first-order valence-electron chi connectivity index (χ1n) is 6.93. The number of fused-ring (bicyclic) bond motifs is 1. The molecule has 1 heterocycles. The van der Waals surface area contributed by atoms with Crippen molar-refractivity contribution in [3.63, 3.8) is 0 Å². The highest BCUT2D eigenvalue weighted by Gasteiger charge is 2.33. The molecule has 1 amide bonds. The molecular weight excluding hydrogens is 252 g/mol. The Hall–Kier alpha value is -2.10. The first kappa shape index (κ1) is 12.9. The van der Waals surface area contributed by atoms with Crippen LogP contribution in [-0.2, 0) is 12.0 Å². The van der Waals surface area contributed by atoms with Crippen LogP contribution >= 0.6 is 0 Å². The van der Waals surface area contributed by atoms with E-state index >= 15 is 0 Å². The third-order valence-corrected chi connectivity index (χ3v) is 3.98. The molecule has 0 aliphatic heterocycles. The average molecular weight is 270 g/mol. The fourth-order valence-electron chi connectivity index (χ4n) is 2.96. The summed E-state index contributed by atoms with van der Waals surface area (Å²) in [5.74, 6) is 0.463. The molecule has 0 fully saturated rings. The minimum atomic E-state index is -0.335. The summed E-state index contributed by atoms with van der Waals surface area (Å²) in [5.41, 5.74) is 2.53. The van der Waals surface area contributed by atoms with Crippen LogP contribution in [-0.4, -0.2) is 11.1 Å². The number of hydrogen-bond donors (Lipinski definition) is 1. The third kappa shape index (κ3) is 2.22. The Morgan fingerprint density at radius 1 is 1.40 bits per heavy atom. The lowest BCUT2D eigenvalue weighted by Gasteiger charge is -2.36. The largest absolute Gasteiger partial charge is 0.361 e. The van der Waals surface area contributed by atoms with Crippen LogP contribution in [0.2, 0.25) is 0 Å². The van der Waals surface area contributed by atoms with Gasteiger partial charge in [-0.1, -0.05) is 29.4 Å². The van der Waals surface area contributed by atoms with Crippen molar-refractivity contribution in [3.05, 3.63) is 52.9 Å². The fraction of sp³-hybridized carbons (Fsp3) is 0.375. The van der Waals surface area contributed by atoms with Gasteiger partial charge in [0.2, 0.25) is 0 Å². The summed E-state index contributed by atoms with van der Waals surface area (Å²) in [4.78, 5) is 12.3. The molecule has 1 aliphatic rings. The van der Waals surface area contributed by atoms with Crippen molar-refractivity contribution >= 4 is 5.91 Å². The van der Waals surface area contributed by atoms with E-state index in [-0.39, 0.29) is 11.4 Å². The number of nitrogens with zero attached hydrogens (tertiary/aromatic N) is 1. The first-order valence-corrected chi connectivity index (χ1v) is 6.93. The molecule has 3 rings (SSSR count). The second-order valence-corrected chi connectivity index (χ2v) is 5.62. The van der Waals surface area contributed by atoms with Gasteiger partial charge in [0.05, 0.1) is 5.54 Å². The van der Waals surface area contributed by atoms with E-state index in [1.54, 1.807) is 13.0 Å². The van der Waals surface area contributed by atoms with Crippen molar-refractivity contribution in [2.24, 2.45) is 0 Å². The maximum atomic E-state index is 12.3. The average Bonchev–Trinajstić information content (AvgIpc) is 2.86. The Bertz CT molecular complexity index is 647. The van der Waals surface area contributed by atoms with Gasteiger partial charge in [0.1, 0.15) is 5.76 Å². The molecule has 2 aromatic rings. The number of amides is 1. The van der Waals surface area contributed by atoms with E-state index in [4.69, 9.17) is 4.52 Å². The summed E-state index contributed by atoms with van der Waals surface area (Å²) in [5, 5.41) is 6.90. The second kappa shape index (κ2) is 4.78. The lowest BCUT2D eigenvalue weighted by Crippen LogP contribution is -2.45. The van der Waals surface area contributed by atoms with Gasteiger partial charge in [0, 0.05) is 6.07 Å². The van der Waals surface area contributed by atoms with Crippen molar-refractivity contribution in [1.29, 1.82) is 0 Å². The number of hydrogen-bond acceptors (Lipinski definition) is 3. The Labute approximate surface area is 118 Å². The van der Waals surface area contributed by atoms with Gasteiger partial charge in [-0.25, -0.2) is 0 Å². The molecule has 0 radical (unpaired) electrons. The van der Waals surface area contributed by atoms with Crippen LogP contribution in [0.25, 0.3) is 0 Å². The summed E-state index contributed by atoms with van der Waals surface area (Å²) in [6.45, 7) is 3.86. The monoisotopic (exact) mass is 270 g/mol. The van der Waals surface area contributed by atoms with Gasteiger partial charge < -0.3 is 9.84 Å². The maximum Gasteiger partial charge on any atom is 0.274 e. The Morgan fingerprint density at radius 2 is 2.20 bits per heavy atom. The fourth-order valence-corrected chi connectivity index (χ4v) is 2.96. The molecular formula is C16H18N2O2. The zero-order valence-electron chi connectivity index (χ0n) is 11.8. The predicted molar refractivity (Wildman–Crippen MR) is 75.4 cm³/mol. The predicted octanol–water partition coefficient (Wildman–Crippen LogP) is 2.96. The Morgan fingerprint density at radius 3 is 2.95 bits per heavy atom. The highest BCUT2D eigenvalue weighted by Crippen LogP contribution is 2.35. The van der Waals surface area contributed by atoms with Crippen LogP contribution in [0.3, 0.4) is 0 Å². The minimum Gasteiger partial charge on any atom is -0.361 e. The standard InChI is InChI=1S/C16H18N2O2/c1-11-10-14(18-20-11)15(19)17-16(2)9-5-7-12-6-3-4-8-13(12)16/h3-4,6,8,10H,5,7,9H2,1-2H3,(H,17,19). The zero-order chi connectivity index (χ0) is 14.2. The molecule has 0 saturated carbocycles. The molecule has 0 bridgehead atoms. The molecule has 4 nitrogen and oxygen atoms in total. The van der Waals surface area contributed by atoms with Crippen LogP contribution < -0.4 is 5.32 Å². The van der Waals surface area contributed by atoms with Crippen LogP contribution in [0.4, 0.5) is 0 Å². The zero-order valence-corrected chi connectivity index (χ0v) is 11.8. The number of carbonyl (C=O) groups is 1. The van der Waals surface area contributed by atoms with E-state index in [9.17, 15) is 4.79 Å². The molecule has 0 saturated heterocycles. The summed E-state index contributed by atoms with van der Waals surface area (Å²) >= 11 is 0. The highest BCUT2D eigenvalue weighted by molar-refractivity contribution is 5.92.